The molecule has 0 aromatic carbocycles. The summed E-state index contributed by atoms with van der Waals surface area (Å²) in [6, 6.07) is 0. The summed E-state index contributed by atoms with van der Waals surface area (Å²) >= 11 is 0. The molecule has 0 fully saturated rings. The molecule has 0 radical (unpaired) electrons. The monoisotopic (exact) mass is 1300 g/mol. The van der Waals surface area contributed by atoms with Crippen LogP contribution in [0.5, 0.6) is 0 Å². The second-order valence-corrected chi connectivity index (χ2v) is 29.0. The fourth-order valence-corrected chi connectivity index (χ4v) is 11.9. The Labute approximate surface area is 537 Å². The standard InChI is InChI=1S/C69H134O17P2/c1-8-10-11-33-43-50-66(71)79-56-64(85-69(74)53-46-39-32-26-25-29-36-42-49-62(7)9-2)58-83-87(75,76)81-54-63(70)55-82-88(77,78)84-59-65(57-80-67(72)51-44-37-30-23-20-19-22-28-35-41-48-61(5)6)86-68(73)52-45-38-31-24-18-16-14-12-13-15-17-21-27-34-40-47-60(3)4/h60-65,70H,8-59H2,1-7H3,(H,75,76)(H,77,78)/t62?,63-,64+,65+/m0/s1. The molecule has 0 saturated carbocycles. The van der Waals surface area contributed by atoms with Crippen LogP contribution in [0.25, 0.3) is 0 Å². The summed E-state index contributed by atoms with van der Waals surface area (Å²) in [6.07, 6.45) is 43.4. The quantitative estimate of drug-likeness (QED) is 0.0222. The summed E-state index contributed by atoms with van der Waals surface area (Å²) in [4.78, 5) is 72.2. The van der Waals surface area contributed by atoms with E-state index in [1.54, 1.807) is 0 Å². The van der Waals surface area contributed by atoms with E-state index in [1.807, 2.05) is 0 Å². The number of carbonyl (C=O) groups excluding carboxylic acids is 4. The molecule has 3 N–H and O–H groups in total. The SMILES string of the molecule is CCCCCCCC(=O)OC[C@H](COP(=O)(O)OC[C@H](O)COP(=O)(O)OC[C@@H](COC(=O)CCCCCCCCCCCCC(C)C)OC(=O)CCCCCCCCCCCCCCCCCC(C)C)OC(=O)CCCCCCCCCCC(C)CC. The Morgan fingerprint density at radius 3 is 0.864 bits per heavy atom. The number of unbranched alkanes of at least 4 members (excludes halogenated alkanes) is 34. The van der Waals surface area contributed by atoms with Gasteiger partial charge in [0.15, 0.2) is 12.2 Å². The van der Waals surface area contributed by atoms with Crippen LogP contribution in [0.15, 0.2) is 0 Å². The zero-order valence-electron chi connectivity index (χ0n) is 57.2. The normalized spacial score (nSPS) is 14.5. The maximum Gasteiger partial charge on any atom is 0.472 e. The van der Waals surface area contributed by atoms with Crippen molar-refractivity contribution in [2.45, 2.75) is 362 Å². The van der Waals surface area contributed by atoms with Gasteiger partial charge in [-0.1, -0.05) is 292 Å². The molecule has 522 valence electrons. The van der Waals surface area contributed by atoms with Gasteiger partial charge in [0.2, 0.25) is 0 Å². The first-order chi connectivity index (χ1) is 42.3. The number of ether oxygens (including phenoxy) is 4. The molecular formula is C69H134O17P2. The highest BCUT2D eigenvalue weighted by Crippen LogP contribution is 2.45. The molecule has 0 spiro atoms. The molecule has 19 heteroatoms. The summed E-state index contributed by atoms with van der Waals surface area (Å²) in [6.45, 7) is 11.8. The van der Waals surface area contributed by atoms with Gasteiger partial charge in [-0.15, -0.1) is 0 Å². The Balaban J connectivity index is 5.16. The molecule has 0 aliphatic carbocycles. The van der Waals surface area contributed by atoms with E-state index in [4.69, 9.17) is 37.0 Å². The van der Waals surface area contributed by atoms with E-state index < -0.39 is 97.5 Å². The molecule has 0 heterocycles. The van der Waals surface area contributed by atoms with E-state index >= 15 is 0 Å². The van der Waals surface area contributed by atoms with Crippen LogP contribution in [0, 0.1) is 17.8 Å². The lowest BCUT2D eigenvalue weighted by Crippen LogP contribution is -2.30. The fraction of sp³-hybridized carbons (Fsp3) is 0.942. The number of hydrogen-bond donors (Lipinski definition) is 3. The van der Waals surface area contributed by atoms with Crippen molar-refractivity contribution in [2.75, 3.05) is 39.6 Å². The van der Waals surface area contributed by atoms with Gasteiger partial charge >= 0.3 is 39.5 Å². The topological polar surface area (TPSA) is 237 Å². The molecule has 0 aromatic heterocycles. The van der Waals surface area contributed by atoms with Crippen LogP contribution < -0.4 is 0 Å². The molecule has 0 rings (SSSR count). The van der Waals surface area contributed by atoms with Gasteiger partial charge in [-0.3, -0.25) is 37.3 Å². The van der Waals surface area contributed by atoms with Gasteiger partial charge in [0.25, 0.3) is 0 Å². The van der Waals surface area contributed by atoms with E-state index in [9.17, 15) is 43.2 Å². The zero-order valence-corrected chi connectivity index (χ0v) is 59.0. The van der Waals surface area contributed by atoms with Gasteiger partial charge in [0.1, 0.15) is 19.3 Å². The molecule has 0 aliphatic rings. The average Bonchev–Trinajstić information content (AvgIpc) is 3.66. The number of phosphoric ester groups is 2. The zero-order chi connectivity index (χ0) is 65.2. The first kappa shape index (κ1) is 86.1. The van der Waals surface area contributed by atoms with Gasteiger partial charge in [-0.05, 0) is 43.4 Å². The molecule has 0 saturated heterocycles. The van der Waals surface area contributed by atoms with E-state index in [0.29, 0.717) is 25.7 Å². The lowest BCUT2D eigenvalue weighted by Gasteiger charge is -2.21. The summed E-state index contributed by atoms with van der Waals surface area (Å²) in [5.41, 5.74) is 0. The summed E-state index contributed by atoms with van der Waals surface area (Å²) < 4.78 is 68.0. The van der Waals surface area contributed by atoms with Crippen molar-refractivity contribution in [1.82, 2.24) is 0 Å². The number of phosphoric acid groups is 2. The Kier molecular flexibility index (Phi) is 58.7. The van der Waals surface area contributed by atoms with E-state index in [0.717, 1.165) is 114 Å². The van der Waals surface area contributed by atoms with Crippen molar-refractivity contribution >= 4 is 39.5 Å². The Morgan fingerprint density at radius 2 is 0.580 bits per heavy atom. The molecule has 0 amide bonds. The van der Waals surface area contributed by atoms with Crippen LogP contribution in [0.1, 0.15) is 344 Å². The largest absolute Gasteiger partial charge is 0.472 e. The Bertz CT molecular complexity index is 1730. The van der Waals surface area contributed by atoms with Gasteiger partial charge in [-0.2, -0.15) is 0 Å². The van der Waals surface area contributed by atoms with Crippen molar-refractivity contribution in [3.8, 4) is 0 Å². The molecule has 88 heavy (non-hydrogen) atoms. The maximum absolute atomic E-state index is 13.0. The number of esters is 4. The first-order valence-electron chi connectivity index (χ1n) is 35.9. The number of hydrogen-bond acceptors (Lipinski definition) is 15. The number of rotatable bonds is 67. The number of aliphatic hydroxyl groups excluding tert-OH is 1. The van der Waals surface area contributed by atoms with Gasteiger partial charge in [0.05, 0.1) is 26.4 Å². The maximum atomic E-state index is 13.0. The third-order valence-corrected chi connectivity index (χ3v) is 18.1. The van der Waals surface area contributed by atoms with Crippen LogP contribution in [-0.4, -0.2) is 96.7 Å². The molecule has 0 bridgehead atoms. The third kappa shape index (κ3) is 61.6. The van der Waals surface area contributed by atoms with E-state index in [1.165, 1.54) is 148 Å². The first-order valence-corrected chi connectivity index (χ1v) is 38.9. The second-order valence-electron chi connectivity index (χ2n) is 26.1. The van der Waals surface area contributed by atoms with Gasteiger partial charge in [-0.25, -0.2) is 9.13 Å². The second kappa shape index (κ2) is 60.0. The lowest BCUT2D eigenvalue weighted by atomic mass is 9.99. The summed E-state index contributed by atoms with van der Waals surface area (Å²) in [5.74, 6) is 0.192. The van der Waals surface area contributed by atoms with Crippen LogP contribution in [0.2, 0.25) is 0 Å². The molecular weight excluding hydrogens is 1160 g/mol. The molecule has 17 nitrogen and oxygen atoms in total. The minimum Gasteiger partial charge on any atom is -0.462 e. The molecule has 0 aliphatic heterocycles. The highest BCUT2D eigenvalue weighted by Gasteiger charge is 2.30. The van der Waals surface area contributed by atoms with Crippen molar-refractivity contribution < 1.29 is 80.2 Å². The summed E-state index contributed by atoms with van der Waals surface area (Å²) in [7, 11) is -9.89. The van der Waals surface area contributed by atoms with Gasteiger partial charge < -0.3 is 33.8 Å². The lowest BCUT2D eigenvalue weighted by molar-refractivity contribution is -0.161. The van der Waals surface area contributed by atoms with E-state index in [2.05, 4.69) is 48.5 Å². The van der Waals surface area contributed by atoms with Crippen molar-refractivity contribution in [3.63, 3.8) is 0 Å². The van der Waals surface area contributed by atoms with Gasteiger partial charge in [0, 0.05) is 25.7 Å². The highest BCUT2D eigenvalue weighted by atomic mass is 31.2. The van der Waals surface area contributed by atoms with Crippen LogP contribution >= 0.6 is 15.6 Å². The van der Waals surface area contributed by atoms with Crippen LogP contribution in [0.4, 0.5) is 0 Å². The predicted octanol–water partition coefficient (Wildman–Crippen LogP) is 19.5. The van der Waals surface area contributed by atoms with Crippen LogP contribution in [0.3, 0.4) is 0 Å². The molecule has 0 aromatic rings. The van der Waals surface area contributed by atoms with Crippen molar-refractivity contribution in [1.29, 1.82) is 0 Å². The van der Waals surface area contributed by atoms with E-state index in [-0.39, 0.29) is 25.7 Å². The Hall–Kier alpha value is -1.94. The summed E-state index contributed by atoms with van der Waals surface area (Å²) in [5, 5.41) is 10.5. The number of aliphatic hydroxyl groups is 1. The van der Waals surface area contributed by atoms with Crippen molar-refractivity contribution in [3.05, 3.63) is 0 Å². The molecule has 6 atom stereocenters. The minimum absolute atomic E-state index is 0.104. The molecule has 3 unspecified atom stereocenters. The van der Waals surface area contributed by atoms with Crippen molar-refractivity contribution in [2.24, 2.45) is 17.8 Å². The third-order valence-electron chi connectivity index (χ3n) is 16.2. The average molecular weight is 1300 g/mol. The highest BCUT2D eigenvalue weighted by molar-refractivity contribution is 7.47. The minimum atomic E-state index is -4.95. The number of carbonyl (C=O) groups is 4. The smallest absolute Gasteiger partial charge is 0.462 e. The predicted molar refractivity (Wildman–Crippen MR) is 354 cm³/mol. The fourth-order valence-electron chi connectivity index (χ4n) is 10.3. The van der Waals surface area contributed by atoms with Crippen LogP contribution in [-0.2, 0) is 65.4 Å². The Morgan fingerprint density at radius 1 is 0.330 bits per heavy atom.